The largest absolute Gasteiger partial charge is 0.493 e. The van der Waals surface area contributed by atoms with Crippen molar-refractivity contribution in [3.63, 3.8) is 0 Å². The number of amides is 1. The van der Waals surface area contributed by atoms with Crippen LogP contribution in [0.3, 0.4) is 0 Å². The molecule has 1 aromatic carbocycles. The Balaban J connectivity index is 1.69. The zero-order chi connectivity index (χ0) is 14.8. The zero-order valence-corrected chi connectivity index (χ0v) is 12.3. The molecule has 0 aliphatic carbocycles. The number of nitrogens with zero attached hydrogens (tertiary/aromatic N) is 1. The number of benzene rings is 1. The van der Waals surface area contributed by atoms with Crippen molar-refractivity contribution in [3.8, 4) is 5.75 Å². The lowest BCUT2D eigenvalue weighted by atomic mass is 9.96. The molecule has 114 valence electrons. The van der Waals surface area contributed by atoms with Crippen LogP contribution in [0.4, 0.5) is 0 Å². The number of carbonyl (C=O) groups excluding carboxylic acids is 1. The standard InChI is InChI=1S/C16H23N3O2/c17-14-5-7-21-15-8-11(3-4-13(14)15)9-19-6-1-2-12(10-19)16(18)20/h3-4,8,12,14H,1-2,5-7,9-10,17H2,(H2,18,20). The summed E-state index contributed by atoms with van der Waals surface area (Å²) >= 11 is 0. The van der Waals surface area contributed by atoms with Gasteiger partial charge in [0.25, 0.3) is 0 Å². The number of rotatable bonds is 3. The summed E-state index contributed by atoms with van der Waals surface area (Å²) in [4.78, 5) is 13.6. The Bertz CT molecular complexity index is 532. The molecule has 0 aromatic heterocycles. The second-order valence-electron chi connectivity index (χ2n) is 6.09. The number of piperidine rings is 1. The minimum absolute atomic E-state index is 0.0129. The van der Waals surface area contributed by atoms with Crippen molar-refractivity contribution in [3.05, 3.63) is 29.3 Å². The van der Waals surface area contributed by atoms with Crippen LogP contribution < -0.4 is 16.2 Å². The molecule has 0 spiro atoms. The molecule has 0 bridgehead atoms. The molecule has 1 aromatic rings. The van der Waals surface area contributed by atoms with Crippen LogP contribution in [0.25, 0.3) is 0 Å². The molecule has 2 heterocycles. The Morgan fingerprint density at radius 3 is 3.05 bits per heavy atom. The summed E-state index contributed by atoms with van der Waals surface area (Å²) in [5, 5.41) is 0. The molecule has 21 heavy (non-hydrogen) atoms. The maximum absolute atomic E-state index is 11.3. The lowest BCUT2D eigenvalue weighted by molar-refractivity contribution is -0.123. The first-order valence-electron chi connectivity index (χ1n) is 7.66. The third-order valence-corrected chi connectivity index (χ3v) is 4.48. The van der Waals surface area contributed by atoms with Gasteiger partial charge in [0, 0.05) is 31.1 Å². The van der Waals surface area contributed by atoms with Gasteiger partial charge in [0.15, 0.2) is 0 Å². The summed E-state index contributed by atoms with van der Waals surface area (Å²) in [5.74, 6) is 0.718. The lowest BCUT2D eigenvalue weighted by Gasteiger charge is -2.31. The fourth-order valence-electron chi connectivity index (χ4n) is 3.25. The molecule has 5 heteroatoms. The van der Waals surface area contributed by atoms with Crippen molar-refractivity contribution in [2.75, 3.05) is 19.7 Å². The molecule has 0 radical (unpaired) electrons. The van der Waals surface area contributed by atoms with Gasteiger partial charge in [-0.15, -0.1) is 0 Å². The highest BCUT2D eigenvalue weighted by Crippen LogP contribution is 2.31. The molecule has 2 aliphatic rings. The molecule has 1 amide bonds. The van der Waals surface area contributed by atoms with Crippen LogP contribution in [-0.4, -0.2) is 30.5 Å². The number of hydrogen-bond donors (Lipinski definition) is 2. The van der Waals surface area contributed by atoms with Crippen LogP contribution in [0.5, 0.6) is 5.75 Å². The third kappa shape index (κ3) is 3.19. The van der Waals surface area contributed by atoms with Crippen LogP contribution in [0.1, 0.15) is 36.4 Å². The van der Waals surface area contributed by atoms with E-state index in [0.29, 0.717) is 6.61 Å². The van der Waals surface area contributed by atoms with E-state index in [1.807, 2.05) is 0 Å². The van der Waals surface area contributed by atoms with Gasteiger partial charge < -0.3 is 16.2 Å². The van der Waals surface area contributed by atoms with Crippen molar-refractivity contribution >= 4 is 5.91 Å². The quantitative estimate of drug-likeness (QED) is 0.875. The summed E-state index contributed by atoms with van der Waals surface area (Å²) in [6.45, 7) is 3.29. The Hall–Kier alpha value is -1.59. The molecule has 2 atom stereocenters. The van der Waals surface area contributed by atoms with E-state index >= 15 is 0 Å². The van der Waals surface area contributed by atoms with Gasteiger partial charge in [0.2, 0.25) is 5.91 Å². The van der Waals surface area contributed by atoms with Crippen molar-refractivity contribution in [2.24, 2.45) is 17.4 Å². The molecule has 3 rings (SSSR count). The van der Waals surface area contributed by atoms with Crippen molar-refractivity contribution in [2.45, 2.75) is 31.8 Å². The SMILES string of the molecule is NC(=O)C1CCCN(Cc2ccc3c(c2)OCCC3N)C1. The summed E-state index contributed by atoms with van der Waals surface area (Å²) in [5.41, 5.74) is 13.8. The zero-order valence-electron chi connectivity index (χ0n) is 12.3. The van der Waals surface area contributed by atoms with Gasteiger partial charge in [-0.05, 0) is 31.0 Å². The molecule has 4 N–H and O–H groups in total. The highest BCUT2D eigenvalue weighted by Gasteiger charge is 2.24. The van der Waals surface area contributed by atoms with Gasteiger partial charge in [-0.1, -0.05) is 12.1 Å². The first-order chi connectivity index (χ1) is 10.1. The highest BCUT2D eigenvalue weighted by molar-refractivity contribution is 5.76. The average molecular weight is 289 g/mol. The highest BCUT2D eigenvalue weighted by atomic mass is 16.5. The monoisotopic (exact) mass is 289 g/mol. The Morgan fingerprint density at radius 2 is 2.24 bits per heavy atom. The number of nitrogens with two attached hydrogens (primary N) is 2. The minimum atomic E-state index is -0.181. The summed E-state index contributed by atoms with van der Waals surface area (Å²) in [6, 6.07) is 6.35. The first-order valence-corrected chi connectivity index (χ1v) is 7.66. The predicted octanol–water partition coefficient (Wildman–Crippen LogP) is 1.17. The van der Waals surface area contributed by atoms with Gasteiger partial charge >= 0.3 is 0 Å². The fourth-order valence-corrected chi connectivity index (χ4v) is 3.25. The number of carbonyl (C=O) groups is 1. The van der Waals surface area contributed by atoms with E-state index in [4.69, 9.17) is 16.2 Å². The van der Waals surface area contributed by atoms with Crippen LogP contribution in [-0.2, 0) is 11.3 Å². The van der Waals surface area contributed by atoms with Crippen LogP contribution in [0.2, 0.25) is 0 Å². The number of hydrogen-bond acceptors (Lipinski definition) is 4. The van der Waals surface area contributed by atoms with E-state index in [9.17, 15) is 4.79 Å². The van der Waals surface area contributed by atoms with Crippen molar-refractivity contribution < 1.29 is 9.53 Å². The van der Waals surface area contributed by atoms with Crippen molar-refractivity contribution in [1.82, 2.24) is 4.90 Å². The van der Waals surface area contributed by atoms with Gasteiger partial charge in [-0.3, -0.25) is 9.69 Å². The number of fused-ring (bicyclic) bond motifs is 1. The predicted molar refractivity (Wildman–Crippen MR) is 80.7 cm³/mol. The molecule has 5 nitrogen and oxygen atoms in total. The van der Waals surface area contributed by atoms with E-state index in [1.54, 1.807) is 0 Å². The normalized spacial score (nSPS) is 26.0. The second-order valence-corrected chi connectivity index (χ2v) is 6.09. The minimum Gasteiger partial charge on any atom is -0.493 e. The summed E-state index contributed by atoms with van der Waals surface area (Å²) < 4.78 is 5.71. The first kappa shape index (κ1) is 14.4. The molecular weight excluding hydrogens is 266 g/mol. The van der Waals surface area contributed by atoms with Crippen LogP contribution >= 0.6 is 0 Å². The second kappa shape index (κ2) is 6.03. The molecule has 1 saturated heterocycles. The van der Waals surface area contributed by atoms with Gasteiger partial charge in [-0.2, -0.15) is 0 Å². The lowest BCUT2D eigenvalue weighted by Crippen LogP contribution is -2.40. The van der Waals surface area contributed by atoms with E-state index in [1.165, 1.54) is 5.56 Å². The topological polar surface area (TPSA) is 81.6 Å². The number of likely N-dealkylation sites (tertiary alicyclic amines) is 1. The molecule has 2 unspecified atom stereocenters. The summed E-state index contributed by atoms with van der Waals surface area (Å²) in [7, 11) is 0. The number of primary amides is 1. The maximum atomic E-state index is 11.3. The Morgan fingerprint density at radius 1 is 1.38 bits per heavy atom. The summed E-state index contributed by atoms with van der Waals surface area (Å²) in [6.07, 6.45) is 2.81. The van der Waals surface area contributed by atoms with Crippen LogP contribution in [0.15, 0.2) is 18.2 Å². The fraction of sp³-hybridized carbons (Fsp3) is 0.562. The van der Waals surface area contributed by atoms with Gasteiger partial charge in [0.1, 0.15) is 5.75 Å². The number of ether oxygens (including phenoxy) is 1. The van der Waals surface area contributed by atoms with E-state index in [-0.39, 0.29) is 17.9 Å². The Labute approximate surface area is 125 Å². The maximum Gasteiger partial charge on any atom is 0.221 e. The smallest absolute Gasteiger partial charge is 0.221 e. The molecular formula is C16H23N3O2. The molecule has 2 aliphatic heterocycles. The van der Waals surface area contributed by atoms with Gasteiger partial charge in [0.05, 0.1) is 12.5 Å². The van der Waals surface area contributed by atoms with Gasteiger partial charge in [-0.25, -0.2) is 0 Å². The third-order valence-electron chi connectivity index (χ3n) is 4.48. The van der Waals surface area contributed by atoms with E-state index < -0.39 is 0 Å². The van der Waals surface area contributed by atoms with Crippen LogP contribution in [0, 0.1) is 5.92 Å². The van der Waals surface area contributed by atoms with E-state index in [2.05, 4.69) is 23.1 Å². The molecule has 1 fully saturated rings. The van der Waals surface area contributed by atoms with Crippen molar-refractivity contribution in [1.29, 1.82) is 0 Å². The molecule has 0 saturated carbocycles. The van der Waals surface area contributed by atoms with E-state index in [0.717, 1.165) is 50.2 Å². The average Bonchev–Trinajstić information content (AvgIpc) is 2.47. The Kier molecular flexibility index (Phi) is 4.12.